The van der Waals surface area contributed by atoms with Crippen LogP contribution in [0.2, 0.25) is 0 Å². The van der Waals surface area contributed by atoms with Gasteiger partial charge in [0.05, 0.1) is 12.3 Å². The summed E-state index contributed by atoms with van der Waals surface area (Å²) in [4.78, 5) is 34.3. The van der Waals surface area contributed by atoms with E-state index in [0.29, 0.717) is 32.5 Å². The van der Waals surface area contributed by atoms with Crippen molar-refractivity contribution in [1.82, 2.24) is 14.8 Å². The minimum Gasteiger partial charge on any atom is -0.341 e. The molecule has 5 nitrogen and oxygen atoms in total. The van der Waals surface area contributed by atoms with Crippen molar-refractivity contribution < 1.29 is 9.59 Å². The van der Waals surface area contributed by atoms with Crippen molar-refractivity contribution in [2.75, 3.05) is 26.2 Å². The lowest BCUT2D eigenvalue weighted by Gasteiger charge is -2.24. The molecule has 1 aliphatic heterocycles. The second-order valence-electron chi connectivity index (χ2n) is 8.67. The zero-order chi connectivity index (χ0) is 23.0. The summed E-state index contributed by atoms with van der Waals surface area (Å²) in [5.41, 5.74) is 4.35. The van der Waals surface area contributed by atoms with Gasteiger partial charge in [-0.1, -0.05) is 67.6 Å². The fourth-order valence-electron chi connectivity index (χ4n) is 4.45. The second-order valence-corrected chi connectivity index (χ2v) is 8.67. The molecule has 33 heavy (non-hydrogen) atoms. The molecule has 0 aliphatic carbocycles. The lowest BCUT2D eigenvalue weighted by molar-refractivity contribution is -0.135. The van der Waals surface area contributed by atoms with E-state index in [1.807, 2.05) is 40.1 Å². The van der Waals surface area contributed by atoms with Crippen LogP contribution in [0.15, 0.2) is 79.1 Å². The Morgan fingerprint density at radius 3 is 2.39 bits per heavy atom. The van der Waals surface area contributed by atoms with Crippen LogP contribution >= 0.6 is 0 Å². The molecule has 170 valence electrons. The Bertz CT molecular complexity index is 1050. The Hall–Kier alpha value is -3.47. The van der Waals surface area contributed by atoms with E-state index < -0.39 is 0 Å². The Labute approximate surface area is 196 Å². The lowest BCUT2D eigenvalue weighted by Crippen LogP contribution is -2.38. The highest BCUT2D eigenvalue weighted by Crippen LogP contribution is 2.22. The van der Waals surface area contributed by atoms with E-state index in [1.54, 1.807) is 12.4 Å². The van der Waals surface area contributed by atoms with Crippen LogP contribution < -0.4 is 0 Å². The van der Waals surface area contributed by atoms with Crippen LogP contribution in [0.25, 0.3) is 11.1 Å². The monoisotopic (exact) mass is 441 g/mol. The average Bonchev–Trinajstić information content (AvgIpc) is 3.00. The minimum absolute atomic E-state index is 0.0542. The maximum atomic E-state index is 13.3. The Kier molecular flexibility index (Phi) is 7.51. The van der Waals surface area contributed by atoms with Gasteiger partial charge in [-0.05, 0) is 41.2 Å². The molecule has 5 heteroatoms. The summed E-state index contributed by atoms with van der Waals surface area (Å²) >= 11 is 0. The second kappa shape index (κ2) is 10.9. The Morgan fingerprint density at radius 2 is 1.70 bits per heavy atom. The van der Waals surface area contributed by atoms with E-state index in [9.17, 15) is 9.59 Å². The number of rotatable bonds is 7. The number of amides is 2. The highest BCUT2D eigenvalue weighted by molar-refractivity contribution is 5.83. The zero-order valence-electron chi connectivity index (χ0n) is 19.2. The van der Waals surface area contributed by atoms with Crippen LogP contribution in [0.3, 0.4) is 0 Å². The normalized spacial score (nSPS) is 16.5. The summed E-state index contributed by atoms with van der Waals surface area (Å²) in [5, 5.41) is 0. The predicted molar refractivity (Wildman–Crippen MR) is 130 cm³/mol. The molecular weight excluding hydrogens is 410 g/mol. The van der Waals surface area contributed by atoms with E-state index in [4.69, 9.17) is 0 Å². The van der Waals surface area contributed by atoms with Gasteiger partial charge in [-0.15, -0.1) is 0 Å². The number of pyridine rings is 1. The van der Waals surface area contributed by atoms with Crippen molar-refractivity contribution >= 4 is 11.8 Å². The molecule has 1 saturated heterocycles. The molecule has 4 rings (SSSR count). The molecule has 0 saturated carbocycles. The molecule has 1 fully saturated rings. The van der Waals surface area contributed by atoms with Gasteiger partial charge in [0.25, 0.3) is 0 Å². The molecule has 1 aliphatic rings. The van der Waals surface area contributed by atoms with E-state index in [0.717, 1.165) is 29.7 Å². The van der Waals surface area contributed by atoms with Gasteiger partial charge in [-0.25, -0.2) is 0 Å². The molecule has 2 aromatic carbocycles. The van der Waals surface area contributed by atoms with Crippen molar-refractivity contribution in [3.63, 3.8) is 0 Å². The van der Waals surface area contributed by atoms with Crippen molar-refractivity contribution in [1.29, 1.82) is 0 Å². The first-order valence-electron chi connectivity index (χ1n) is 11.7. The maximum Gasteiger partial charge on any atom is 0.227 e. The first-order chi connectivity index (χ1) is 16.1. The third-order valence-electron chi connectivity index (χ3n) is 6.21. The maximum absolute atomic E-state index is 13.3. The van der Waals surface area contributed by atoms with Crippen molar-refractivity contribution in [3.8, 4) is 11.1 Å². The summed E-state index contributed by atoms with van der Waals surface area (Å²) in [6, 6.07) is 22.5. The topological polar surface area (TPSA) is 53.5 Å². The quantitative estimate of drug-likeness (QED) is 0.551. The third kappa shape index (κ3) is 5.86. The summed E-state index contributed by atoms with van der Waals surface area (Å²) < 4.78 is 0. The smallest absolute Gasteiger partial charge is 0.227 e. The molecule has 0 spiro atoms. The summed E-state index contributed by atoms with van der Waals surface area (Å²) in [6.45, 7) is 4.44. The van der Waals surface area contributed by atoms with Gasteiger partial charge >= 0.3 is 0 Å². The Morgan fingerprint density at radius 1 is 0.939 bits per heavy atom. The van der Waals surface area contributed by atoms with Crippen LogP contribution in [0.1, 0.15) is 24.5 Å². The van der Waals surface area contributed by atoms with Gasteiger partial charge in [-0.2, -0.15) is 0 Å². The van der Waals surface area contributed by atoms with Gasteiger partial charge in [-0.3, -0.25) is 14.6 Å². The third-order valence-corrected chi connectivity index (χ3v) is 6.21. The van der Waals surface area contributed by atoms with Gasteiger partial charge in [0.2, 0.25) is 11.8 Å². The standard InChI is InChI=1S/C28H31N3O2/c1-2-15-30-16-17-31(27(32)19-23-7-6-14-29-20-23)21-26(28(30)33)18-22-10-12-25(13-11-22)24-8-4-3-5-9-24/h3-14,20,26H,2,15-19,21H2,1H3/t26-/m1/s1. The SMILES string of the molecule is CCCN1CCN(C(=O)Cc2cccnc2)C[C@@H](Cc2ccc(-c3ccccc3)cc2)C1=O. The number of carbonyl (C=O) groups is 2. The minimum atomic E-state index is -0.237. The highest BCUT2D eigenvalue weighted by Gasteiger charge is 2.32. The molecule has 2 amide bonds. The van der Waals surface area contributed by atoms with Crippen LogP contribution in [-0.4, -0.2) is 52.8 Å². The molecule has 1 aromatic heterocycles. The van der Waals surface area contributed by atoms with E-state index >= 15 is 0 Å². The molecule has 0 N–H and O–H groups in total. The van der Waals surface area contributed by atoms with Gasteiger partial charge in [0.15, 0.2) is 0 Å². The Balaban J connectivity index is 1.49. The van der Waals surface area contributed by atoms with Crippen molar-refractivity contribution in [2.45, 2.75) is 26.2 Å². The first kappa shape index (κ1) is 22.7. The first-order valence-corrected chi connectivity index (χ1v) is 11.7. The van der Waals surface area contributed by atoms with Crippen LogP contribution in [0.4, 0.5) is 0 Å². The molecule has 0 unspecified atom stereocenters. The molecular formula is C28H31N3O2. The zero-order valence-corrected chi connectivity index (χ0v) is 19.2. The molecule has 3 aromatic rings. The highest BCUT2D eigenvalue weighted by atomic mass is 16.2. The van der Waals surface area contributed by atoms with E-state index in [2.05, 4.69) is 48.3 Å². The summed E-state index contributed by atoms with van der Waals surface area (Å²) in [6.07, 6.45) is 5.29. The number of carbonyl (C=O) groups excluding carboxylic acids is 2. The molecule has 1 atom stereocenters. The predicted octanol–water partition coefficient (Wildman–Crippen LogP) is 4.23. The fourth-order valence-corrected chi connectivity index (χ4v) is 4.45. The fraction of sp³-hybridized carbons (Fsp3) is 0.321. The number of hydrogen-bond donors (Lipinski definition) is 0. The molecule has 0 radical (unpaired) electrons. The van der Waals surface area contributed by atoms with Gasteiger partial charge < -0.3 is 9.80 Å². The van der Waals surface area contributed by atoms with E-state index in [-0.39, 0.29) is 17.7 Å². The van der Waals surface area contributed by atoms with Gasteiger partial charge in [0, 0.05) is 38.6 Å². The van der Waals surface area contributed by atoms with Crippen LogP contribution in [-0.2, 0) is 22.4 Å². The van der Waals surface area contributed by atoms with Crippen molar-refractivity contribution in [3.05, 3.63) is 90.3 Å². The number of nitrogens with zero attached hydrogens (tertiary/aromatic N) is 3. The number of benzene rings is 2. The summed E-state index contributed by atoms with van der Waals surface area (Å²) in [5.74, 6) is -0.0290. The number of hydrogen-bond acceptors (Lipinski definition) is 3. The molecule has 2 heterocycles. The van der Waals surface area contributed by atoms with E-state index in [1.165, 1.54) is 5.56 Å². The van der Waals surface area contributed by atoms with Gasteiger partial charge in [0.1, 0.15) is 0 Å². The van der Waals surface area contributed by atoms with Crippen molar-refractivity contribution in [2.24, 2.45) is 5.92 Å². The van der Waals surface area contributed by atoms with Crippen LogP contribution in [0, 0.1) is 5.92 Å². The molecule has 0 bridgehead atoms. The lowest BCUT2D eigenvalue weighted by atomic mass is 9.95. The average molecular weight is 442 g/mol. The largest absolute Gasteiger partial charge is 0.341 e. The summed E-state index contributed by atoms with van der Waals surface area (Å²) in [7, 11) is 0. The number of aromatic nitrogens is 1. The van der Waals surface area contributed by atoms with Crippen LogP contribution in [0.5, 0.6) is 0 Å².